The molecule has 2 N–H and O–H groups in total. The highest BCUT2D eigenvalue weighted by atomic mass is 79.9. The summed E-state index contributed by atoms with van der Waals surface area (Å²) in [5.41, 5.74) is 4.07. The van der Waals surface area contributed by atoms with E-state index in [1.807, 2.05) is 18.2 Å². The Morgan fingerprint density at radius 1 is 1.21 bits per heavy atom. The summed E-state index contributed by atoms with van der Waals surface area (Å²) < 4.78 is 13.2. The second kappa shape index (κ2) is 8.65. The van der Waals surface area contributed by atoms with Gasteiger partial charge in [-0.05, 0) is 61.0 Å². The van der Waals surface area contributed by atoms with Crippen LogP contribution in [0, 0.1) is 0 Å². The lowest BCUT2D eigenvalue weighted by Crippen LogP contribution is -2.42. The lowest BCUT2D eigenvalue weighted by molar-refractivity contribution is -0.130. The second-order valence-electron chi connectivity index (χ2n) is 7.48. The van der Waals surface area contributed by atoms with Crippen LogP contribution in [0.4, 0.5) is 0 Å². The Bertz CT molecular complexity index is 987. The maximum absolute atomic E-state index is 12.5. The number of amides is 1. The number of benzene rings is 2. The van der Waals surface area contributed by atoms with E-state index >= 15 is 0 Å². The zero-order valence-corrected chi connectivity index (χ0v) is 20.7. The number of fused-ring (bicyclic) bond motifs is 1. The molecule has 29 heavy (non-hydrogen) atoms. The molecule has 0 aliphatic carbocycles. The highest BCUT2D eigenvalue weighted by Crippen LogP contribution is 2.39. The van der Waals surface area contributed by atoms with E-state index in [4.69, 9.17) is 9.47 Å². The van der Waals surface area contributed by atoms with Crippen molar-refractivity contribution in [1.29, 1.82) is 0 Å². The van der Waals surface area contributed by atoms with Crippen molar-refractivity contribution in [2.75, 3.05) is 6.61 Å². The molecule has 2 aromatic rings. The molecule has 2 aromatic carbocycles. The van der Waals surface area contributed by atoms with Crippen LogP contribution >= 0.6 is 47.8 Å². The molecule has 1 atom stereocenters. The number of aromatic hydroxyl groups is 1. The fourth-order valence-electron chi connectivity index (χ4n) is 2.61. The number of phenols is 1. The first-order valence-electron chi connectivity index (χ1n) is 8.71. The average Bonchev–Trinajstić information content (AvgIpc) is 2.67. The summed E-state index contributed by atoms with van der Waals surface area (Å²) in [4.78, 5) is 12.5. The van der Waals surface area contributed by atoms with Gasteiger partial charge in [-0.15, -0.1) is 0 Å². The van der Waals surface area contributed by atoms with Crippen LogP contribution in [0.1, 0.15) is 31.9 Å². The van der Waals surface area contributed by atoms with Crippen LogP contribution in [0.5, 0.6) is 17.2 Å². The maximum Gasteiger partial charge on any atom is 0.284 e. The molecule has 9 heteroatoms. The Hall–Kier alpha value is -1.58. The summed E-state index contributed by atoms with van der Waals surface area (Å²) in [7, 11) is 0. The third-order valence-corrected chi connectivity index (χ3v) is 6.37. The Morgan fingerprint density at radius 3 is 2.62 bits per heavy atom. The molecular weight excluding hydrogens is 572 g/mol. The van der Waals surface area contributed by atoms with Gasteiger partial charge in [0, 0.05) is 10.0 Å². The number of hydrogen-bond acceptors (Lipinski definition) is 5. The average molecular weight is 591 g/mol. The third kappa shape index (κ3) is 4.95. The van der Waals surface area contributed by atoms with E-state index in [2.05, 4.69) is 79.1 Å². The molecule has 0 radical (unpaired) electrons. The van der Waals surface area contributed by atoms with E-state index < -0.39 is 12.0 Å². The predicted octanol–water partition coefficient (Wildman–Crippen LogP) is 5.27. The fourth-order valence-corrected chi connectivity index (χ4v) is 4.94. The summed E-state index contributed by atoms with van der Waals surface area (Å²) >= 11 is 9.95. The number of ether oxygens (including phenoxy) is 2. The lowest BCUT2D eigenvalue weighted by Gasteiger charge is -2.27. The minimum Gasteiger partial charge on any atom is -0.506 e. The molecule has 0 saturated carbocycles. The van der Waals surface area contributed by atoms with Crippen molar-refractivity contribution in [2.24, 2.45) is 5.10 Å². The van der Waals surface area contributed by atoms with Gasteiger partial charge in [0.2, 0.25) is 6.10 Å². The third-order valence-electron chi connectivity index (χ3n) is 4.31. The highest BCUT2D eigenvalue weighted by molar-refractivity contribution is 9.11. The Kier molecular flexibility index (Phi) is 6.60. The largest absolute Gasteiger partial charge is 0.506 e. The molecule has 0 bridgehead atoms. The molecule has 3 rings (SSSR count). The molecule has 1 amide bonds. The van der Waals surface area contributed by atoms with Gasteiger partial charge in [0.05, 0.1) is 15.2 Å². The van der Waals surface area contributed by atoms with E-state index in [9.17, 15) is 9.90 Å². The Morgan fingerprint density at radius 2 is 1.93 bits per heavy atom. The van der Waals surface area contributed by atoms with Crippen LogP contribution in [-0.2, 0) is 10.2 Å². The molecule has 0 saturated heterocycles. The molecule has 1 unspecified atom stereocenters. The van der Waals surface area contributed by atoms with E-state index in [0.29, 0.717) is 30.5 Å². The molecule has 0 spiro atoms. The van der Waals surface area contributed by atoms with Crippen molar-refractivity contribution < 1.29 is 19.4 Å². The minimum absolute atomic E-state index is 0.0382. The standard InChI is InChI=1S/C20H19Br3N2O4/c1-20(2,3)10-4-5-14-15(6-10)29-16(9-28-14)19(27)25-24-8-11-12(21)7-13(22)18(26)17(11)23/h4-8,16,26H,9H2,1-3H3,(H,25,27). The van der Waals surface area contributed by atoms with Gasteiger partial charge >= 0.3 is 0 Å². The number of carbonyl (C=O) groups is 1. The summed E-state index contributed by atoms with van der Waals surface area (Å²) in [5, 5.41) is 14.0. The zero-order chi connectivity index (χ0) is 21.3. The number of carbonyl (C=O) groups excluding carboxylic acids is 1. The van der Waals surface area contributed by atoms with Crippen molar-refractivity contribution in [3.8, 4) is 17.2 Å². The number of phenolic OH excluding ortho intramolecular Hbond substituents is 1. The van der Waals surface area contributed by atoms with E-state index in [0.717, 1.165) is 5.56 Å². The Balaban J connectivity index is 1.70. The van der Waals surface area contributed by atoms with Crippen molar-refractivity contribution in [2.45, 2.75) is 32.3 Å². The molecule has 0 fully saturated rings. The second-order valence-corrected chi connectivity index (χ2v) is 9.98. The van der Waals surface area contributed by atoms with Crippen LogP contribution < -0.4 is 14.9 Å². The summed E-state index contributed by atoms with van der Waals surface area (Å²) in [6, 6.07) is 7.44. The number of nitrogens with one attached hydrogen (secondary N) is 1. The van der Waals surface area contributed by atoms with Crippen LogP contribution in [-0.4, -0.2) is 29.9 Å². The first-order valence-corrected chi connectivity index (χ1v) is 11.1. The molecule has 6 nitrogen and oxygen atoms in total. The summed E-state index contributed by atoms with van der Waals surface area (Å²) in [6.07, 6.45) is 0.605. The van der Waals surface area contributed by atoms with E-state index in [1.165, 1.54) is 6.21 Å². The van der Waals surface area contributed by atoms with Crippen LogP contribution in [0.3, 0.4) is 0 Å². The maximum atomic E-state index is 12.5. The number of hydrazone groups is 1. The molecule has 1 aliphatic heterocycles. The van der Waals surface area contributed by atoms with Gasteiger partial charge in [-0.25, -0.2) is 5.43 Å². The zero-order valence-electron chi connectivity index (χ0n) is 15.9. The smallest absolute Gasteiger partial charge is 0.284 e. The molecule has 0 aromatic heterocycles. The van der Waals surface area contributed by atoms with Gasteiger partial charge < -0.3 is 14.6 Å². The van der Waals surface area contributed by atoms with Gasteiger partial charge in [-0.3, -0.25) is 4.79 Å². The molecule has 154 valence electrons. The predicted molar refractivity (Wildman–Crippen MR) is 122 cm³/mol. The van der Waals surface area contributed by atoms with Crippen LogP contribution in [0.2, 0.25) is 0 Å². The van der Waals surface area contributed by atoms with Crippen LogP contribution in [0.15, 0.2) is 42.8 Å². The van der Waals surface area contributed by atoms with E-state index in [1.54, 1.807) is 6.07 Å². The highest BCUT2D eigenvalue weighted by Gasteiger charge is 2.28. The quantitative estimate of drug-likeness (QED) is 0.377. The van der Waals surface area contributed by atoms with Crippen molar-refractivity contribution in [3.05, 3.63) is 48.8 Å². The summed E-state index contributed by atoms with van der Waals surface area (Å²) in [5.74, 6) is 0.762. The SMILES string of the molecule is CC(C)(C)c1ccc2c(c1)OC(C(=O)NN=Cc1c(Br)cc(Br)c(O)c1Br)CO2. The minimum atomic E-state index is -0.819. The van der Waals surface area contributed by atoms with Gasteiger partial charge in [-0.2, -0.15) is 5.10 Å². The normalized spacial score (nSPS) is 16.1. The van der Waals surface area contributed by atoms with Gasteiger partial charge in [0.15, 0.2) is 11.5 Å². The number of hydrogen-bond donors (Lipinski definition) is 2. The van der Waals surface area contributed by atoms with Crippen molar-refractivity contribution >= 4 is 59.9 Å². The van der Waals surface area contributed by atoms with E-state index in [-0.39, 0.29) is 17.8 Å². The number of nitrogens with zero attached hydrogens (tertiary/aromatic N) is 1. The first-order chi connectivity index (χ1) is 13.6. The number of rotatable bonds is 3. The van der Waals surface area contributed by atoms with Crippen LogP contribution in [0.25, 0.3) is 0 Å². The first kappa shape index (κ1) is 22.1. The number of halogens is 3. The van der Waals surface area contributed by atoms with Crippen molar-refractivity contribution in [1.82, 2.24) is 5.43 Å². The molecular formula is C20H19Br3N2O4. The molecule has 1 heterocycles. The summed E-state index contributed by atoms with van der Waals surface area (Å²) in [6.45, 7) is 6.41. The van der Waals surface area contributed by atoms with Gasteiger partial charge in [0.25, 0.3) is 5.91 Å². The monoisotopic (exact) mass is 588 g/mol. The molecule has 1 aliphatic rings. The van der Waals surface area contributed by atoms with Gasteiger partial charge in [-0.1, -0.05) is 42.8 Å². The topological polar surface area (TPSA) is 80.2 Å². The fraction of sp³-hybridized carbons (Fsp3) is 0.300. The lowest BCUT2D eigenvalue weighted by atomic mass is 9.87. The van der Waals surface area contributed by atoms with Gasteiger partial charge in [0.1, 0.15) is 12.4 Å². The van der Waals surface area contributed by atoms with Crippen molar-refractivity contribution in [3.63, 3.8) is 0 Å². The Labute approximate surface area is 194 Å².